The zero-order valence-electron chi connectivity index (χ0n) is 18.2. The van der Waals surface area contributed by atoms with E-state index in [1.165, 1.54) is 6.07 Å². The summed E-state index contributed by atoms with van der Waals surface area (Å²) in [6.07, 6.45) is 6.69. The van der Waals surface area contributed by atoms with E-state index in [9.17, 15) is 4.79 Å². The Morgan fingerprint density at radius 3 is 2.70 bits per heavy atom. The van der Waals surface area contributed by atoms with Crippen LogP contribution in [0.5, 0.6) is 0 Å². The van der Waals surface area contributed by atoms with Gasteiger partial charge in [-0.15, -0.1) is 0 Å². The smallest absolute Gasteiger partial charge is 0.249 e. The molecule has 0 bridgehead atoms. The van der Waals surface area contributed by atoms with E-state index in [1.807, 2.05) is 12.1 Å². The van der Waals surface area contributed by atoms with Crippen LogP contribution in [0.25, 0.3) is 33.7 Å². The van der Waals surface area contributed by atoms with E-state index in [2.05, 4.69) is 56.0 Å². The monoisotopic (exact) mass is 460 g/mol. The summed E-state index contributed by atoms with van der Waals surface area (Å²) >= 11 is 6.32. The highest BCUT2D eigenvalue weighted by atomic mass is 35.5. The second-order valence-electron chi connectivity index (χ2n) is 8.65. The molecule has 5 heterocycles. The number of rotatable bonds is 4. The summed E-state index contributed by atoms with van der Waals surface area (Å²) in [6.45, 7) is 6.26. The van der Waals surface area contributed by atoms with Crippen molar-refractivity contribution in [1.82, 2.24) is 34.9 Å². The van der Waals surface area contributed by atoms with Gasteiger partial charge in [0, 0.05) is 52.9 Å². The molecule has 9 nitrogen and oxygen atoms in total. The maximum Gasteiger partial charge on any atom is 0.249 e. The summed E-state index contributed by atoms with van der Waals surface area (Å²) < 4.78 is 0. The third-order valence-corrected chi connectivity index (χ3v) is 5.42. The fourth-order valence-corrected chi connectivity index (χ4v) is 3.63. The van der Waals surface area contributed by atoms with Crippen molar-refractivity contribution in [2.24, 2.45) is 0 Å². The lowest BCUT2D eigenvalue weighted by atomic mass is 9.96. The Morgan fingerprint density at radius 1 is 1.06 bits per heavy atom. The highest BCUT2D eigenvalue weighted by Gasteiger charge is 2.24. The summed E-state index contributed by atoms with van der Waals surface area (Å²) in [7, 11) is 0. The first kappa shape index (κ1) is 20.9. The number of fused-ring (bicyclic) bond motifs is 1. The van der Waals surface area contributed by atoms with Crippen molar-refractivity contribution >= 4 is 34.3 Å². The number of hydrogen-bond donors (Lipinski definition) is 4. The topological polar surface area (TPSA) is 128 Å². The van der Waals surface area contributed by atoms with Crippen LogP contribution in [0.2, 0.25) is 5.02 Å². The Bertz CT molecular complexity index is 1530. The van der Waals surface area contributed by atoms with Crippen LogP contribution < -0.4 is 10.9 Å². The fourth-order valence-electron chi connectivity index (χ4n) is 3.43. The van der Waals surface area contributed by atoms with Crippen molar-refractivity contribution in [3.05, 3.63) is 70.3 Å². The lowest BCUT2D eigenvalue weighted by molar-refractivity contribution is 0.553. The number of nitrogens with one attached hydrogen (secondary N) is 4. The molecule has 0 aliphatic rings. The lowest BCUT2D eigenvalue weighted by Crippen LogP contribution is -2.13. The molecule has 10 heteroatoms. The van der Waals surface area contributed by atoms with Crippen LogP contribution in [0.15, 0.2) is 53.8 Å². The molecule has 5 rings (SSSR count). The van der Waals surface area contributed by atoms with Crippen molar-refractivity contribution in [2.75, 3.05) is 5.32 Å². The minimum atomic E-state index is -0.215. The van der Waals surface area contributed by atoms with Crippen molar-refractivity contribution in [2.45, 2.75) is 26.2 Å². The van der Waals surface area contributed by atoms with E-state index in [0.717, 1.165) is 22.5 Å². The van der Waals surface area contributed by atoms with Gasteiger partial charge in [-0.2, -0.15) is 0 Å². The second kappa shape index (κ2) is 7.86. The molecule has 5 aromatic heterocycles. The van der Waals surface area contributed by atoms with Crippen molar-refractivity contribution in [3.63, 3.8) is 0 Å². The molecule has 5 aromatic rings. The number of H-pyrrole nitrogens is 3. The van der Waals surface area contributed by atoms with E-state index in [1.54, 1.807) is 30.9 Å². The molecule has 0 atom stereocenters. The van der Waals surface area contributed by atoms with E-state index < -0.39 is 0 Å². The zero-order valence-corrected chi connectivity index (χ0v) is 18.9. The van der Waals surface area contributed by atoms with Gasteiger partial charge >= 0.3 is 0 Å². The zero-order chi connectivity index (χ0) is 23.2. The van der Waals surface area contributed by atoms with Crippen LogP contribution >= 0.6 is 11.6 Å². The summed E-state index contributed by atoms with van der Waals surface area (Å²) in [6, 6.07) is 6.95. The number of nitrogens with zero attached hydrogens (tertiary/aromatic N) is 4. The molecule has 0 spiro atoms. The van der Waals surface area contributed by atoms with Gasteiger partial charge in [0.05, 0.1) is 22.1 Å². The van der Waals surface area contributed by atoms with Crippen LogP contribution in [0.4, 0.5) is 11.6 Å². The van der Waals surface area contributed by atoms with Crippen molar-refractivity contribution < 1.29 is 0 Å². The molecule has 0 saturated carbocycles. The van der Waals surface area contributed by atoms with E-state index in [-0.39, 0.29) is 11.0 Å². The molecular formula is C23H21ClN8O. The minimum Gasteiger partial charge on any atom is -0.345 e. The van der Waals surface area contributed by atoms with Crippen LogP contribution in [-0.2, 0) is 5.41 Å². The Hall–Kier alpha value is -3.98. The van der Waals surface area contributed by atoms with Gasteiger partial charge in [-0.05, 0) is 18.2 Å². The normalized spacial score (nSPS) is 11.8. The molecule has 33 heavy (non-hydrogen) atoms. The average molecular weight is 461 g/mol. The Balaban J connectivity index is 1.62. The van der Waals surface area contributed by atoms with Gasteiger partial charge in [-0.1, -0.05) is 32.4 Å². The molecule has 0 unspecified atom stereocenters. The van der Waals surface area contributed by atoms with Crippen molar-refractivity contribution in [1.29, 1.82) is 0 Å². The molecule has 0 fully saturated rings. The molecule has 0 radical (unpaired) electrons. The highest BCUT2D eigenvalue weighted by Crippen LogP contribution is 2.34. The lowest BCUT2D eigenvalue weighted by Gasteiger charge is -2.14. The minimum absolute atomic E-state index is 0.213. The molecule has 0 aromatic carbocycles. The predicted molar refractivity (Wildman–Crippen MR) is 129 cm³/mol. The summed E-state index contributed by atoms with van der Waals surface area (Å²) in [5, 5.41) is 4.48. The maximum atomic E-state index is 11.6. The van der Waals surface area contributed by atoms with Gasteiger partial charge in [-0.25, -0.2) is 19.9 Å². The standard InChI is InChI=1S/C23H21ClN8O/c1-23(2,3)21-31-18(12-8-14-15(24)11-28-20(14)27-10-12)19(32-21)16-5-7-26-22(30-16)29-13-4-6-25-17(33)9-13/h4-11H,1-3H3,(H,27,28)(H,31,32)(H2,25,26,29,30,33). The number of imidazole rings is 1. The average Bonchev–Trinajstić information content (AvgIpc) is 3.38. The number of aromatic nitrogens is 7. The van der Waals surface area contributed by atoms with Gasteiger partial charge in [0.15, 0.2) is 0 Å². The fraction of sp³-hybridized carbons (Fsp3) is 0.174. The number of aromatic amines is 3. The van der Waals surface area contributed by atoms with Gasteiger partial charge in [-0.3, -0.25) is 4.79 Å². The first-order chi connectivity index (χ1) is 15.8. The summed E-state index contributed by atoms with van der Waals surface area (Å²) in [5.41, 5.74) is 3.79. The van der Waals surface area contributed by atoms with Crippen molar-refractivity contribution in [3.8, 4) is 22.6 Å². The van der Waals surface area contributed by atoms with Gasteiger partial charge < -0.3 is 20.3 Å². The van der Waals surface area contributed by atoms with Gasteiger partial charge in [0.25, 0.3) is 0 Å². The third-order valence-electron chi connectivity index (χ3n) is 5.11. The number of anilines is 2. The van der Waals surface area contributed by atoms with Crippen LogP contribution in [0, 0.1) is 0 Å². The Kier molecular flexibility index (Phi) is 4.98. The first-order valence-electron chi connectivity index (χ1n) is 10.3. The molecule has 0 amide bonds. The SMILES string of the molecule is CC(C)(C)c1nc(-c2cnc3[nH]cc(Cl)c3c2)c(-c2ccnc(Nc3cc[nH]c(=O)c3)n2)[nH]1. The molecule has 0 aliphatic heterocycles. The van der Waals surface area contributed by atoms with E-state index >= 15 is 0 Å². The van der Waals surface area contributed by atoms with Crippen LogP contribution in [0.3, 0.4) is 0 Å². The molecule has 0 saturated heterocycles. The predicted octanol–water partition coefficient (Wildman–Crippen LogP) is 4.79. The molecular weight excluding hydrogens is 440 g/mol. The van der Waals surface area contributed by atoms with E-state index in [0.29, 0.717) is 33.7 Å². The highest BCUT2D eigenvalue weighted by molar-refractivity contribution is 6.35. The van der Waals surface area contributed by atoms with Crippen LogP contribution in [0.1, 0.15) is 26.6 Å². The number of pyridine rings is 2. The second-order valence-corrected chi connectivity index (χ2v) is 9.06. The maximum absolute atomic E-state index is 11.6. The number of halogens is 1. The summed E-state index contributed by atoms with van der Waals surface area (Å²) in [5.74, 6) is 1.17. The summed E-state index contributed by atoms with van der Waals surface area (Å²) in [4.78, 5) is 39.0. The van der Waals surface area contributed by atoms with Gasteiger partial charge in [0.2, 0.25) is 11.5 Å². The van der Waals surface area contributed by atoms with E-state index in [4.69, 9.17) is 16.6 Å². The molecule has 166 valence electrons. The largest absolute Gasteiger partial charge is 0.345 e. The molecule has 0 aliphatic carbocycles. The Labute approximate surface area is 193 Å². The third kappa shape index (κ3) is 4.10. The number of hydrogen-bond acceptors (Lipinski definition) is 6. The Morgan fingerprint density at radius 2 is 1.91 bits per heavy atom. The van der Waals surface area contributed by atoms with Gasteiger partial charge in [0.1, 0.15) is 11.5 Å². The first-order valence-corrected chi connectivity index (χ1v) is 10.7. The van der Waals surface area contributed by atoms with Crippen LogP contribution in [-0.4, -0.2) is 34.9 Å². The quantitative estimate of drug-likeness (QED) is 0.305. The molecule has 4 N–H and O–H groups in total.